The first-order chi connectivity index (χ1) is 7.49. The minimum atomic E-state index is -0.830. The Labute approximate surface area is 100 Å². The van der Waals surface area contributed by atoms with Gasteiger partial charge in [0.05, 0.1) is 0 Å². The summed E-state index contributed by atoms with van der Waals surface area (Å²) in [7, 11) is 0. The summed E-state index contributed by atoms with van der Waals surface area (Å²) < 4.78 is 0. The van der Waals surface area contributed by atoms with Gasteiger partial charge in [-0.15, -0.1) is 0 Å². The summed E-state index contributed by atoms with van der Waals surface area (Å²) in [6.07, 6.45) is 0.463. The summed E-state index contributed by atoms with van der Waals surface area (Å²) in [6.45, 7) is 3.86. The molecular weight excluding hydrogens is 226 g/mol. The van der Waals surface area contributed by atoms with E-state index in [-0.39, 0.29) is 6.04 Å². The third-order valence-electron chi connectivity index (χ3n) is 2.19. The molecule has 1 aromatic carbocycles. The number of rotatable bonds is 5. The molecule has 0 saturated heterocycles. The lowest BCUT2D eigenvalue weighted by atomic mass is 10.1. The average molecular weight is 242 g/mol. The van der Waals surface area contributed by atoms with Crippen molar-refractivity contribution in [3.8, 4) is 0 Å². The molecule has 0 bridgehead atoms. The van der Waals surface area contributed by atoms with Crippen molar-refractivity contribution < 1.29 is 9.90 Å². The highest BCUT2D eigenvalue weighted by Gasteiger charge is 2.18. The molecular formula is C12H16ClNO2. The van der Waals surface area contributed by atoms with Gasteiger partial charge in [0.15, 0.2) is 0 Å². The van der Waals surface area contributed by atoms with E-state index in [2.05, 4.69) is 5.32 Å². The van der Waals surface area contributed by atoms with E-state index < -0.39 is 12.0 Å². The van der Waals surface area contributed by atoms with E-state index in [4.69, 9.17) is 16.7 Å². The number of carboxylic acid groups (broad SMARTS) is 1. The summed E-state index contributed by atoms with van der Waals surface area (Å²) in [5.74, 6) is -0.830. The van der Waals surface area contributed by atoms with Gasteiger partial charge in [-0.25, -0.2) is 0 Å². The summed E-state index contributed by atoms with van der Waals surface area (Å²) in [4.78, 5) is 11.0. The van der Waals surface area contributed by atoms with Crippen molar-refractivity contribution in [3.05, 3.63) is 34.9 Å². The molecule has 4 heteroatoms. The van der Waals surface area contributed by atoms with Crippen LogP contribution in [0.4, 0.5) is 0 Å². The topological polar surface area (TPSA) is 49.3 Å². The SMILES string of the molecule is CC(C)NC(Cc1ccc(Cl)cc1)C(=O)O. The van der Waals surface area contributed by atoms with Gasteiger partial charge >= 0.3 is 5.97 Å². The number of nitrogens with one attached hydrogen (secondary N) is 1. The highest BCUT2D eigenvalue weighted by Crippen LogP contribution is 2.11. The fourth-order valence-corrected chi connectivity index (χ4v) is 1.60. The standard InChI is InChI=1S/C12H16ClNO2/c1-8(2)14-11(12(15)16)7-9-3-5-10(13)6-4-9/h3-6,8,11,14H,7H2,1-2H3,(H,15,16). The Bertz CT molecular complexity index is 349. The van der Waals surface area contributed by atoms with Gasteiger partial charge in [0, 0.05) is 11.1 Å². The van der Waals surface area contributed by atoms with Crippen LogP contribution in [0.3, 0.4) is 0 Å². The first-order valence-corrected chi connectivity index (χ1v) is 5.60. The third-order valence-corrected chi connectivity index (χ3v) is 2.44. The van der Waals surface area contributed by atoms with Crippen molar-refractivity contribution in [2.24, 2.45) is 0 Å². The first-order valence-electron chi connectivity index (χ1n) is 5.22. The van der Waals surface area contributed by atoms with E-state index >= 15 is 0 Å². The fraction of sp³-hybridized carbons (Fsp3) is 0.417. The number of benzene rings is 1. The van der Waals surface area contributed by atoms with E-state index in [9.17, 15) is 4.79 Å². The summed E-state index contributed by atoms with van der Waals surface area (Å²) in [6, 6.07) is 6.83. The Morgan fingerprint density at radius 3 is 2.38 bits per heavy atom. The van der Waals surface area contributed by atoms with Gasteiger partial charge in [-0.2, -0.15) is 0 Å². The third kappa shape index (κ3) is 4.21. The number of halogens is 1. The number of hydrogen-bond donors (Lipinski definition) is 2. The van der Waals surface area contributed by atoms with E-state index in [0.29, 0.717) is 11.4 Å². The molecule has 3 nitrogen and oxygen atoms in total. The largest absolute Gasteiger partial charge is 0.480 e. The average Bonchev–Trinajstić information content (AvgIpc) is 2.19. The molecule has 0 fully saturated rings. The Morgan fingerprint density at radius 2 is 1.94 bits per heavy atom. The minimum absolute atomic E-state index is 0.147. The van der Waals surface area contributed by atoms with Crippen molar-refractivity contribution in [1.82, 2.24) is 5.32 Å². The highest BCUT2D eigenvalue weighted by atomic mass is 35.5. The van der Waals surface area contributed by atoms with Crippen LogP contribution in [0.5, 0.6) is 0 Å². The van der Waals surface area contributed by atoms with Crippen LogP contribution >= 0.6 is 11.6 Å². The van der Waals surface area contributed by atoms with Gasteiger partial charge in [0.2, 0.25) is 0 Å². The molecule has 1 aromatic rings. The van der Waals surface area contributed by atoms with E-state index in [0.717, 1.165) is 5.56 Å². The van der Waals surface area contributed by atoms with Crippen LogP contribution in [0.2, 0.25) is 5.02 Å². The van der Waals surface area contributed by atoms with Crippen LogP contribution in [0, 0.1) is 0 Å². The van der Waals surface area contributed by atoms with Gasteiger partial charge in [0.25, 0.3) is 0 Å². The number of carbonyl (C=O) groups is 1. The molecule has 0 aliphatic carbocycles. The number of carboxylic acids is 1. The van der Waals surface area contributed by atoms with Gasteiger partial charge in [0.1, 0.15) is 6.04 Å². The molecule has 16 heavy (non-hydrogen) atoms. The smallest absolute Gasteiger partial charge is 0.321 e. The predicted molar refractivity (Wildman–Crippen MR) is 64.9 cm³/mol. The lowest BCUT2D eigenvalue weighted by Gasteiger charge is -2.17. The zero-order chi connectivity index (χ0) is 12.1. The molecule has 1 rings (SSSR count). The fourth-order valence-electron chi connectivity index (χ4n) is 1.48. The van der Waals surface area contributed by atoms with Crippen molar-refractivity contribution in [2.75, 3.05) is 0 Å². The molecule has 0 spiro atoms. The van der Waals surface area contributed by atoms with Crippen LogP contribution in [-0.2, 0) is 11.2 Å². The Morgan fingerprint density at radius 1 is 1.38 bits per heavy atom. The normalized spacial score (nSPS) is 12.8. The van der Waals surface area contributed by atoms with Gasteiger partial charge in [-0.3, -0.25) is 4.79 Å². The van der Waals surface area contributed by atoms with Crippen molar-refractivity contribution >= 4 is 17.6 Å². The van der Waals surface area contributed by atoms with E-state index in [1.165, 1.54) is 0 Å². The maximum Gasteiger partial charge on any atom is 0.321 e. The molecule has 0 radical (unpaired) electrons. The second-order valence-electron chi connectivity index (χ2n) is 4.04. The Hall–Kier alpha value is -1.06. The first kappa shape index (κ1) is 13.0. The molecule has 1 unspecified atom stereocenters. The Balaban J connectivity index is 2.68. The zero-order valence-corrected chi connectivity index (χ0v) is 10.2. The van der Waals surface area contributed by atoms with E-state index in [1.54, 1.807) is 12.1 Å². The van der Waals surface area contributed by atoms with Crippen LogP contribution in [-0.4, -0.2) is 23.2 Å². The second kappa shape index (κ2) is 5.87. The molecule has 0 saturated carbocycles. The van der Waals surface area contributed by atoms with Gasteiger partial charge < -0.3 is 10.4 Å². The van der Waals surface area contributed by atoms with Crippen molar-refractivity contribution in [2.45, 2.75) is 32.4 Å². The highest BCUT2D eigenvalue weighted by molar-refractivity contribution is 6.30. The monoisotopic (exact) mass is 241 g/mol. The van der Waals surface area contributed by atoms with Gasteiger partial charge in [-0.05, 0) is 24.1 Å². The molecule has 2 N–H and O–H groups in total. The number of hydrogen-bond acceptors (Lipinski definition) is 2. The predicted octanol–water partition coefficient (Wildman–Crippen LogP) is 2.33. The van der Waals surface area contributed by atoms with Gasteiger partial charge in [-0.1, -0.05) is 37.6 Å². The van der Waals surface area contributed by atoms with Crippen LogP contribution in [0.1, 0.15) is 19.4 Å². The van der Waals surface area contributed by atoms with Crippen molar-refractivity contribution in [3.63, 3.8) is 0 Å². The summed E-state index contributed by atoms with van der Waals surface area (Å²) in [5.41, 5.74) is 0.963. The van der Waals surface area contributed by atoms with Crippen LogP contribution in [0.25, 0.3) is 0 Å². The summed E-state index contributed by atoms with van der Waals surface area (Å²) >= 11 is 5.76. The lowest BCUT2D eigenvalue weighted by molar-refractivity contribution is -0.139. The molecule has 0 aliphatic heterocycles. The Kier molecular flexibility index (Phi) is 4.77. The van der Waals surface area contributed by atoms with Crippen LogP contribution < -0.4 is 5.32 Å². The molecule has 1 atom stereocenters. The second-order valence-corrected chi connectivity index (χ2v) is 4.48. The maximum absolute atomic E-state index is 11.0. The molecule has 0 amide bonds. The lowest BCUT2D eigenvalue weighted by Crippen LogP contribution is -2.42. The molecule has 0 heterocycles. The summed E-state index contributed by atoms with van der Waals surface area (Å²) in [5, 5.41) is 12.7. The molecule has 0 aliphatic rings. The minimum Gasteiger partial charge on any atom is -0.480 e. The number of aliphatic carboxylic acids is 1. The van der Waals surface area contributed by atoms with Crippen LogP contribution in [0.15, 0.2) is 24.3 Å². The zero-order valence-electron chi connectivity index (χ0n) is 9.40. The maximum atomic E-state index is 11.0. The van der Waals surface area contributed by atoms with Crippen molar-refractivity contribution in [1.29, 1.82) is 0 Å². The molecule has 88 valence electrons. The van der Waals surface area contributed by atoms with E-state index in [1.807, 2.05) is 26.0 Å². The quantitative estimate of drug-likeness (QED) is 0.832. The molecule has 0 aromatic heterocycles.